The van der Waals surface area contributed by atoms with E-state index in [2.05, 4.69) is 6.92 Å². The van der Waals surface area contributed by atoms with E-state index in [1.165, 1.54) is 18.4 Å². The van der Waals surface area contributed by atoms with Crippen LogP contribution in [0.1, 0.15) is 39.0 Å². The second-order valence-electron chi connectivity index (χ2n) is 3.75. The molecule has 0 radical (unpaired) electrons. The summed E-state index contributed by atoms with van der Waals surface area (Å²) in [6, 6.07) is 0. The van der Waals surface area contributed by atoms with Crippen molar-refractivity contribution in [3.05, 3.63) is 11.3 Å². The van der Waals surface area contributed by atoms with Gasteiger partial charge in [-0.3, -0.25) is 4.79 Å². The highest BCUT2D eigenvalue weighted by Crippen LogP contribution is 2.36. The Labute approximate surface area is 72.6 Å². The first kappa shape index (κ1) is 7.84. The summed E-state index contributed by atoms with van der Waals surface area (Å²) >= 11 is 0. The van der Waals surface area contributed by atoms with Crippen LogP contribution < -0.4 is 0 Å². The molecule has 2 heteroatoms. The van der Waals surface area contributed by atoms with Crippen LogP contribution in [0, 0.1) is 5.92 Å². The molecular formula is C10H14O2. The second-order valence-corrected chi connectivity index (χ2v) is 3.75. The van der Waals surface area contributed by atoms with E-state index in [4.69, 9.17) is 4.74 Å². The minimum atomic E-state index is -0.0394. The van der Waals surface area contributed by atoms with Gasteiger partial charge in [-0.15, -0.1) is 0 Å². The number of carbonyl (C=O) groups excluding carboxylic acids is 1. The fraction of sp³-hybridized carbons (Fsp3) is 0.700. The van der Waals surface area contributed by atoms with Crippen LogP contribution in [0.25, 0.3) is 0 Å². The van der Waals surface area contributed by atoms with Crippen LogP contribution in [0.5, 0.6) is 0 Å². The molecule has 1 aliphatic heterocycles. The quantitative estimate of drug-likeness (QED) is 0.516. The van der Waals surface area contributed by atoms with Gasteiger partial charge in [-0.25, -0.2) is 0 Å². The van der Waals surface area contributed by atoms with E-state index >= 15 is 0 Å². The van der Waals surface area contributed by atoms with Gasteiger partial charge in [0.05, 0.1) is 0 Å². The Bertz CT molecular complexity index is 240. The Balaban J connectivity index is 2.23. The van der Waals surface area contributed by atoms with Gasteiger partial charge in [0, 0.05) is 12.3 Å². The molecule has 0 aromatic rings. The van der Waals surface area contributed by atoms with E-state index in [0.29, 0.717) is 12.3 Å². The molecule has 1 unspecified atom stereocenters. The number of hydrogen-bond donors (Lipinski definition) is 0. The number of ether oxygens (including phenoxy) is 1. The summed E-state index contributed by atoms with van der Waals surface area (Å²) in [4.78, 5) is 11.0. The Morgan fingerprint density at radius 2 is 2.17 bits per heavy atom. The number of allylic oxidation sites excluding steroid dienone is 2. The zero-order valence-electron chi connectivity index (χ0n) is 7.43. The maximum Gasteiger partial charge on any atom is 0.310 e. The maximum atomic E-state index is 11.0. The number of rotatable bonds is 0. The van der Waals surface area contributed by atoms with Crippen molar-refractivity contribution in [2.45, 2.75) is 39.0 Å². The maximum absolute atomic E-state index is 11.0. The summed E-state index contributed by atoms with van der Waals surface area (Å²) in [6.07, 6.45) is 5.20. The fourth-order valence-electron chi connectivity index (χ4n) is 2.13. The summed E-state index contributed by atoms with van der Waals surface area (Å²) < 4.78 is 5.24. The normalized spacial score (nSPS) is 29.8. The van der Waals surface area contributed by atoms with Crippen LogP contribution in [0.4, 0.5) is 0 Å². The highest BCUT2D eigenvalue weighted by Gasteiger charge is 2.29. The molecule has 1 heterocycles. The van der Waals surface area contributed by atoms with Crippen molar-refractivity contribution in [1.82, 2.24) is 0 Å². The summed E-state index contributed by atoms with van der Waals surface area (Å²) in [5.41, 5.74) is 1.29. The predicted molar refractivity (Wildman–Crippen MR) is 45.4 cm³/mol. The Kier molecular flexibility index (Phi) is 1.91. The molecule has 0 N–H and O–H groups in total. The Hall–Kier alpha value is -0.790. The van der Waals surface area contributed by atoms with Crippen LogP contribution in [0.15, 0.2) is 11.3 Å². The molecule has 66 valence electrons. The lowest BCUT2D eigenvalue weighted by Crippen LogP contribution is -2.23. The third kappa shape index (κ3) is 1.26. The van der Waals surface area contributed by atoms with Crippen LogP contribution >= 0.6 is 0 Å². The zero-order chi connectivity index (χ0) is 8.55. The fourth-order valence-corrected chi connectivity index (χ4v) is 2.13. The number of carbonyl (C=O) groups is 1. The molecule has 1 fully saturated rings. The van der Waals surface area contributed by atoms with E-state index < -0.39 is 0 Å². The van der Waals surface area contributed by atoms with Crippen molar-refractivity contribution >= 4 is 5.97 Å². The third-order valence-electron chi connectivity index (χ3n) is 2.82. The first-order valence-corrected chi connectivity index (χ1v) is 4.67. The van der Waals surface area contributed by atoms with Gasteiger partial charge in [0.15, 0.2) is 0 Å². The van der Waals surface area contributed by atoms with Crippen LogP contribution in [-0.4, -0.2) is 5.97 Å². The molecule has 1 atom stereocenters. The first-order valence-electron chi connectivity index (χ1n) is 4.67. The minimum Gasteiger partial charge on any atom is -0.431 e. The first-order chi connectivity index (χ1) is 5.77. The predicted octanol–water partition coefficient (Wildman–Crippen LogP) is 2.40. The van der Waals surface area contributed by atoms with E-state index in [0.717, 1.165) is 18.6 Å². The van der Waals surface area contributed by atoms with Gasteiger partial charge in [0.25, 0.3) is 0 Å². The molecule has 0 bridgehead atoms. The lowest BCUT2D eigenvalue weighted by molar-refractivity contribution is -0.143. The van der Waals surface area contributed by atoms with Crippen molar-refractivity contribution in [2.75, 3.05) is 0 Å². The average Bonchev–Trinajstić information content (AvgIpc) is 2.07. The molecule has 0 saturated carbocycles. The molecule has 1 aliphatic carbocycles. The van der Waals surface area contributed by atoms with Gasteiger partial charge in [0.1, 0.15) is 5.76 Å². The summed E-state index contributed by atoms with van der Waals surface area (Å²) in [7, 11) is 0. The zero-order valence-corrected chi connectivity index (χ0v) is 7.43. The molecule has 1 saturated heterocycles. The number of fused-ring (bicyclic) bond motifs is 1. The number of esters is 1. The summed E-state index contributed by atoms with van der Waals surface area (Å²) in [5, 5.41) is 0. The third-order valence-corrected chi connectivity index (χ3v) is 2.82. The van der Waals surface area contributed by atoms with Gasteiger partial charge < -0.3 is 4.74 Å². The van der Waals surface area contributed by atoms with Crippen molar-refractivity contribution < 1.29 is 9.53 Å². The van der Waals surface area contributed by atoms with Gasteiger partial charge in [0.2, 0.25) is 0 Å². The van der Waals surface area contributed by atoms with Crippen LogP contribution in [-0.2, 0) is 9.53 Å². The molecule has 2 aliphatic rings. The van der Waals surface area contributed by atoms with Gasteiger partial charge in [-0.05, 0) is 38.2 Å². The van der Waals surface area contributed by atoms with E-state index in [-0.39, 0.29) is 5.97 Å². The van der Waals surface area contributed by atoms with E-state index in [1.807, 2.05) is 0 Å². The van der Waals surface area contributed by atoms with Crippen molar-refractivity contribution in [3.63, 3.8) is 0 Å². The highest BCUT2D eigenvalue weighted by molar-refractivity contribution is 5.72. The van der Waals surface area contributed by atoms with E-state index in [9.17, 15) is 4.79 Å². The molecule has 0 spiro atoms. The van der Waals surface area contributed by atoms with Crippen LogP contribution in [0.3, 0.4) is 0 Å². The standard InChI is InChI=1S/C10H14O2/c1-7-3-2-4-8-5-6-9(11)12-10(7)8/h8H,2-6H2,1H3. The molecule has 2 rings (SSSR count). The van der Waals surface area contributed by atoms with Crippen molar-refractivity contribution in [1.29, 1.82) is 0 Å². The Morgan fingerprint density at radius 3 is 3.00 bits per heavy atom. The van der Waals surface area contributed by atoms with Gasteiger partial charge >= 0.3 is 5.97 Å². The lowest BCUT2D eigenvalue weighted by Gasteiger charge is -2.29. The van der Waals surface area contributed by atoms with E-state index in [1.54, 1.807) is 0 Å². The molecule has 0 aromatic carbocycles. The SMILES string of the molecule is CC1=C2OC(=O)CCC2CCC1. The lowest BCUT2D eigenvalue weighted by atomic mass is 9.85. The monoisotopic (exact) mass is 166 g/mol. The van der Waals surface area contributed by atoms with Gasteiger partial charge in [-0.1, -0.05) is 0 Å². The molecule has 12 heavy (non-hydrogen) atoms. The molecule has 0 aromatic heterocycles. The largest absolute Gasteiger partial charge is 0.431 e. The molecular weight excluding hydrogens is 152 g/mol. The summed E-state index contributed by atoms with van der Waals surface area (Å²) in [6.45, 7) is 2.08. The molecule has 2 nitrogen and oxygen atoms in total. The highest BCUT2D eigenvalue weighted by atomic mass is 16.5. The Morgan fingerprint density at radius 1 is 1.33 bits per heavy atom. The number of hydrogen-bond acceptors (Lipinski definition) is 2. The smallest absolute Gasteiger partial charge is 0.310 e. The average molecular weight is 166 g/mol. The summed E-state index contributed by atoms with van der Waals surface area (Å²) in [5.74, 6) is 1.51. The topological polar surface area (TPSA) is 26.3 Å². The molecule has 0 amide bonds. The van der Waals surface area contributed by atoms with Crippen molar-refractivity contribution in [3.8, 4) is 0 Å². The van der Waals surface area contributed by atoms with Crippen LogP contribution in [0.2, 0.25) is 0 Å². The second kappa shape index (κ2) is 2.92. The van der Waals surface area contributed by atoms with Crippen molar-refractivity contribution in [2.24, 2.45) is 5.92 Å². The minimum absolute atomic E-state index is 0.0394. The van der Waals surface area contributed by atoms with Gasteiger partial charge in [-0.2, -0.15) is 0 Å².